The summed E-state index contributed by atoms with van der Waals surface area (Å²) in [5.41, 5.74) is 0. The van der Waals surface area contributed by atoms with Gasteiger partial charge in [0.1, 0.15) is 0 Å². The second-order valence-corrected chi connectivity index (χ2v) is 3.23. The summed E-state index contributed by atoms with van der Waals surface area (Å²) < 4.78 is 4.95. The molecule has 0 atom stereocenters. The summed E-state index contributed by atoms with van der Waals surface area (Å²) in [6.45, 7) is 1.02. The molecule has 2 aromatic rings. The van der Waals surface area contributed by atoms with Gasteiger partial charge in [-0.25, -0.2) is 9.97 Å². The van der Waals surface area contributed by atoms with Gasteiger partial charge in [0.05, 0.1) is 6.26 Å². The third kappa shape index (κ3) is 3.30. The maximum absolute atomic E-state index is 11.5. The normalized spacial score (nSPS) is 9.88. The topological polar surface area (TPSA) is 80.0 Å². The van der Waals surface area contributed by atoms with Gasteiger partial charge in [0, 0.05) is 25.5 Å². The number of aromatic nitrogens is 2. The van der Waals surface area contributed by atoms with Gasteiger partial charge in [0.15, 0.2) is 5.76 Å². The Kier molecular flexibility index (Phi) is 3.69. The number of furan rings is 1. The number of nitrogens with zero attached hydrogens (tertiary/aromatic N) is 2. The third-order valence-electron chi connectivity index (χ3n) is 2.00. The molecule has 0 saturated carbocycles. The van der Waals surface area contributed by atoms with Crippen LogP contribution >= 0.6 is 0 Å². The monoisotopic (exact) mass is 232 g/mol. The van der Waals surface area contributed by atoms with Crippen LogP contribution < -0.4 is 10.6 Å². The van der Waals surface area contributed by atoms with Crippen LogP contribution in [0.25, 0.3) is 0 Å². The summed E-state index contributed by atoms with van der Waals surface area (Å²) in [4.78, 5) is 19.4. The van der Waals surface area contributed by atoms with E-state index in [-0.39, 0.29) is 5.91 Å². The van der Waals surface area contributed by atoms with Crippen LogP contribution in [0.15, 0.2) is 41.3 Å². The molecule has 0 saturated heterocycles. The summed E-state index contributed by atoms with van der Waals surface area (Å²) in [6, 6.07) is 5.03. The van der Waals surface area contributed by atoms with E-state index in [9.17, 15) is 4.79 Å². The maximum atomic E-state index is 11.5. The van der Waals surface area contributed by atoms with Crippen molar-refractivity contribution in [2.24, 2.45) is 0 Å². The molecule has 2 rings (SSSR count). The minimum atomic E-state index is -0.231. The average Bonchev–Trinajstić information content (AvgIpc) is 2.89. The molecule has 0 aromatic carbocycles. The molecule has 0 aliphatic carbocycles. The van der Waals surface area contributed by atoms with Crippen LogP contribution in [0.1, 0.15) is 10.6 Å². The lowest BCUT2D eigenvalue weighted by Gasteiger charge is -2.04. The Morgan fingerprint density at radius 3 is 2.76 bits per heavy atom. The average molecular weight is 232 g/mol. The van der Waals surface area contributed by atoms with Crippen LogP contribution in [0, 0.1) is 0 Å². The minimum absolute atomic E-state index is 0.231. The van der Waals surface area contributed by atoms with Crippen molar-refractivity contribution >= 4 is 11.9 Å². The number of carbonyl (C=O) groups is 1. The van der Waals surface area contributed by atoms with Gasteiger partial charge in [-0.2, -0.15) is 0 Å². The van der Waals surface area contributed by atoms with Crippen molar-refractivity contribution in [3.63, 3.8) is 0 Å². The molecule has 2 heterocycles. The van der Waals surface area contributed by atoms with Gasteiger partial charge in [0.25, 0.3) is 5.91 Å². The predicted octanol–water partition coefficient (Wildman–Crippen LogP) is 0.911. The zero-order chi connectivity index (χ0) is 11.9. The molecule has 17 heavy (non-hydrogen) atoms. The van der Waals surface area contributed by atoms with Gasteiger partial charge in [-0.1, -0.05) is 0 Å². The van der Waals surface area contributed by atoms with Crippen LogP contribution in [0.2, 0.25) is 0 Å². The van der Waals surface area contributed by atoms with Crippen LogP contribution in [-0.2, 0) is 0 Å². The van der Waals surface area contributed by atoms with E-state index in [1.807, 2.05) is 0 Å². The molecule has 2 aromatic heterocycles. The first kappa shape index (κ1) is 11.1. The highest BCUT2D eigenvalue weighted by Crippen LogP contribution is 1.98. The molecule has 6 nitrogen and oxygen atoms in total. The summed E-state index contributed by atoms with van der Waals surface area (Å²) in [6.07, 6.45) is 4.76. The third-order valence-corrected chi connectivity index (χ3v) is 2.00. The van der Waals surface area contributed by atoms with Crippen molar-refractivity contribution in [1.82, 2.24) is 15.3 Å². The van der Waals surface area contributed by atoms with Gasteiger partial charge in [-0.05, 0) is 18.2 Å². The number of hydrogen-bond donors (Lipinski definition) is 2. The molecular formula is C11H12N4O2. The van der Waals surface area contributed by atoms with Crippen molar-refractivity contribution in [3.8, 4) is 0 Å². The Balaban J connectivity index is 1.69. The number of anilines is 1. The Labute approximate surface area is 98.1 Å². The van der Waals surface area contributed by atoms with Crippen molar-refractivity contribution in [3.05, 3.63) is 42.6 Å². The predicted molar refractivity (Wildman–Crippen MR) is 61.6 cm³/mol. The van der Waals surface area contributed by atoms with E-state index in [0.717, 1.165) is 0 Å². The Morgan fingerprint density at radius 2 is 2.06 bits per heavy atom. The molecule has 2 N–H and O–H groups in total. The highest BCUT2D eigenvalue weighted by molar-refractivity contribution is 5.91. The molecule has 0 bridgehead atoms. The molecule has 0 radical (unpaired) electrons. The molecule has 0 fully saturated rings. The van der Waals surface area contributed by atoms with Gasteiger partial charge in [-0.15, -0.1) is 0 Å². The lowest BCUT2D eigenvalue weighted by atomic mass is 10.4. The van der Waals surface area contributed by atoms with Crippen molar-refractivity contribution < 1.29 is 9.21 Å². The van der Waals surface area contributed by atoms with Gasteiger partial charge < -0.3 is 15.1 Å². The van der Waals surface area contributed by atoms with Crippen LogP contribution in [0.3, 0.4) is 0 Å². The van der Waals surface area contributed by atoms with E-state index in [2.05, 4.69) is 20.6 Å². The first-order valence-electron chi connectivity index (χ1n) is 5.19. The second-order valence-electron chi connectivity index (χ2n) is 3.23. The molecule has 0 aliphatic rings. The molecule has 88 valence electrons. The van der Waals surface area contributed by atoms with Crippen molar-refractivity contribution in [2.75, 3.05) is 18.4 Å². The number of nitrogens with one attached hydrogen (secondary N) is 2. The SMILES string of the molecule is O=C(NCCNc1ncccn1)c1ccco1. The van der Waals surface area contributed by atoms with Gasteiger partial charge in [-0.3, -0.25) is 4.79 Å². The highest BCUT2D eigenvalue weighted by Gasteiger charge is 2.06. The fraction of sp³-hybridized carbons (Fsp3) is 0.182. The summed E-state index contributed by atoms with van der Waals surface area (Å²) >= 11 is 0. The quantitative estimate of drug-likeness (QED) is 0.749. The fourth-order valence-electron chi connectivity index (χ4n) is 1.24. The summed E-state index contributed by atoms with van der Waals surface area (Å²) in [7, 11) is 0. The number of carbonyl (C=O) groups excluding carboxylic acids is 1. The van der Waals surface area contributed by atoms with E-state index in [4.69, 9.17) is 4.42 Å². The molecular weight excluding hydrogens is 220 g/mol. The maximum Gasteiger partial charge on any atom is 0.287 e. The molecule has 0 aliphatic heterocycles. The van der Waals surface area contributed by atoms with Crippen molar-refractivity contribution in [2.45, 2.75) is 0 Å². The second kappa shape index (κ2) is 5.64. The zero-order valence-corrected chi connectivity index (χ0v) is 9.09. The highest BCUT2D eigenvalue weighted by atomic mass is 16.3. The minimum Gasteiger partial charge on any atom is -0.459 e. The van der Waals surface area contributed by atoms with E-state index in [0.29, 0.717) is 24.8 Å². The summed E-state index contributed by atoms with van der Waals surface area (Å²) in [5.74, 6) is 0.617. The lowest BCUT2D eigenvalue weighted by Crippen LogP contribution is -2.28. The van der Waals surface area contributed by atoms with E-state index >= 15 is 0 Å². The number of rotatable bonds is 5. The summed E-state index contributed by atoms with van der Waals surface area (Å²) in [5, 5.41) is 5.68. The zero-order valence-electron chi connectivity index (χ0n) is 9.09. The molecule has 0 unspecified atom stereocenters. The molecule has 6 heteroatoms. The van der Waals surface area contributed by atoms with Gasteiger partial charge >= 0.3 is 0 Å². The van der Waals surface area contributed by atoms with Crippen molar-refractivity contribution in [1.29, 1.82) is 0 Å². The Bertz CT molecular complexity index is 456. The largest absolute Gasteiger partial charge is 0.459 e. The first-order chi connectivity index (χ1) is 8.36. The van der Waals surface area contributed by atoms with E-state index in [1.54, 1.807) is 30.6 Å². The molecule has 0 spiro atoms. The number of amides is 1. The Hall–Kier alpha value is -2.37. The first-order valence-corrected chi connectivity index (χ1v) is 5.19. The Morgan fingerprint density at radius 1 is 1.24 bits per heavy atom. The fourth-order valence-corrected chi connectivity index (χ4v) is 1.24. The van der Waals surface area contributed by atoms with Crippen LogP contribution in [0.4, 0.5) is 5.95 Å². The molecule has 1 amide bonds. The smallest absolute Gasteiger partial charge is 0.287 e. The van der Waals surface area contributed by atoms with E-state index in [1.165, 1.54) is 6.26 Å². The lowest BCUT2D eigenvalue weighted by molar-refractivity contribution is 0.0927. The number of hydrogen-bond acceptors (Lipinski definition) is 5. The van der Waals surface area contributed by atoms with E-state index < -0.39 is 0 Å². The van der Waals surface area contributed by atoms with Crippen LogP contribution in [0.5, 0.6) is 0 Å². The van der Waals surface area contributed by atoms with Crippen LogP contribution in [-0.4, -0.2) is 29.0 Å². The van der Waals surface area contributed by atoms with Gasteiger partial charge in [0.2, 0.25) is 5.95 Å². The standard InChI is InChI=1S/C11H12N4O2/c16-10(9-3-1-8-17-9)12-6-7-15-11-13-4-2-5-14-11/h1-5,8H,6-7H2,(H,12,16)(H,13,14,15).